The van der Waals surface area contributed by atoms with Gasteiger partial charge >= 0.3 is 0 Å². The first kappa shape index (κ1) is 14.1. The third-order valence-corrected chi connectivity index (χ3v) is 2.64. The summed E-state index contributed by atoms with van der Waals surface area (Å²) in [7, 11) is 0. The molecule has 0 radical (unpaired) electrons. The minimum Gasteiger partial charge on any atom is -0.492 e. The van der Waals surface area contributed by atoms with Crippen LogP contribution in [0.5, 0.6) is 5.75 Å². The van der Waals surface area contributed by atoms with E-state index in [4.69, 9.17) is 4.74 Å². The molecule has 0 atom stereocenters. The van der Waals surface area contributed by atoms with Crippen LogP contribution < -0.4 is 15.4 Å². The smallest absolute Gasteiger partial charge is 0.131 e. The van der Waals surface area contributed by atoms with Crippen LogP contribution in [0.1, 0.15) is 13.3 Å². The summed E-state index contributed by atoms with van der Waals surface area (Å²) in [5, 5.41) is 6.44. The zero-order valence-electron chi connectivity index (χ0n) is 11.7. The molecule has 1 aromatic heterocycles. The number of hydrogen-bond acceptors (Lipinski definition) is 5. The van der Waals surface area contributed by atoms with Gasteiger partial charge in [0.1, 0.15) is 30.3 Å². The van der Waals surface area contributed by atoms with E-state index in [-0.39, 0.29) is 0 Å². The molecule has 0 amide bonds. The minimum absolute atomic E-state index is 0.589. The molecule has 0 fully saturated rings. The molecule has 0 bridgehead atoms. The summed E-state index contributed by atoms with van der Waals surface area (Å²) >= 11 is 0. The highest BCUT2D eigenvalue weighted by Crippen LogP contribution is 2.09. The predicted molar refractivity (Wildman–Crippen MR) is 81.2 cm³/mol. The van der Waals surface area contributed by atoms with Gasteiger partial charge in [-0.25, -0.2) is 9.97 Å². The number of benzene rings is 1. The second-order valence-electron chi connectivity index (χ2n) is 4.30. The summed E-state index contributed by atoms with van der Waals surface area (Å²) in [4.78, 5) is 8.33. The van der Waals surface area contributed by atoms with Gasteiger partial charge in [-0.1, -0.05) is 25.1 Å². The van der Waals surface area contributed by atoms with Crippen LogP contribution in [0.15, 0.2) is 42.7 Å². The van der Waals surface area contributed by atoms with Gasteiger partial charge in [0.15, 0.2) is 0 Å². The van der Waals surface area contributed by atoms with Crippen LogP contribution in [0.4, 0.5) is 11.6 Å². The normalized spacial score (nSPS) is 10.1. The maximum absolute atomic E-state index is 5.60. The van der Waals surface area contributed by atoms with Crippen LogP contribution in [0.3, 0.4) is 0 Å². The Hall–Kier alpha value is -2.30. The number of rotatable bonds is 8. The van der Waals surface area contributed by atoms with Crippen molar-refractivity contribution in [2.24, 2.45) is 0 Å². The van der Waals surface area contributed by atoms with E-state index in [1.165, 1.54) is 0 Å². The van der Waals surface area contributed by atoms with Gasteiger partial charge in [-0.2, -0.15) is 0 Å². The van der Waals surface area contributed by atoms with Gasteiger partial charge in [0.05, 0.1) is 6.54 Å². The number of anilines is 2. The van der Waals surface area contributed by atoms with Gasteiger partial charge in [0, 0.05) is 12.6 Å². The molecule has 0 aliphatic rings. The molecule has 20 heavy (non-hydrogen) atoms. The molecule has 2 N–H and O–H groups in total. The Morgan fingerprint density at radius 3 is 2.40 bits per heavy atom. The van der Waals surface area contributed by atoms with Crippen LogP contribution in [0, 0.1) is 0 Å². The summed E-state index contributed by atoms with van der Waals surface area (Å²) in [6.45, 7) is 4.31. The molecule has 0 saturated heterocycles. The Labute approximate surface area is 119 Å². The second-order valence-corrected chi connectivity index (χ2v) is 4.30. The van der Waals surface area contributed by atoms with E-state index in [1.807, 2.05) is 36.4 Å². The van der Waals surface area contributed by atoms with Gasteiger partial charge < -0.3 is 15.4 Å². The standard InChI is InChI=1S/C15H20N4O/c1-2-8-16-14-11-15(19-12-18-14)17-9-10-20-13-6-4-3-5-7-13/h3-7,11-12H,2,8-10H2,1H3,(H2,16,17,18,19). The molecule has 0 aliphatic carbocycles. The Morgan fingerprint density at radius 2 is 1.70 bits per heavy atom. The van der Waals surface area contributed by atoms with Crippen LogP contribution in [-0.4, -0.2) is 29.7 Å². The average Bonchev–Trinajstić information content (AvgIpc) is 2.51. The number of hydrogen-bond donors (Lipinski definition) is 2. The molecule has 0 spiro atoms. The summed E-state index contributed by atoms with van der Waals surface area (Å²) in [5.41, 5.74) is 0. The Balaban J connectivity index is 1.73. The lowest BCUT2D eigenvalue weighted by molar-refractivity contribution is 0.333. The van der Waals surface area contributed by atoms with Crippen molar-refractivity contribution < 1.29 is 4.74 Å². The SMILES string of the molecule is CCCNc1cc(NCCOc2ccccc2)ncn1. The number of aromatic nitrogens is 2. The van der Waals surface area contributed by atoms with Crippen molar-refractivity contribution >= 4 is 11.6 Å². The highest BCUT2D eigenvalue weighted by Gasteiger charge is 1.98. The van der Waals surface area contributed by atoms with Crippen molar-refractivity contribution in [2.45, 2.75) is 13.3 Å². The maximum Gasteiger partial charge on any atom is 0.131 e. The summed E-state index contributed by atoms with van der Waals surface area (Å²) in [6.07, 6.45) is 2.62. The molecule has 1 heterocycles. The van der Waals surface area contributed by atoms with Crippen molar-refractivity contribution in [1.82, 2.24) is 9.97 Å². The van der Waals surface area contributed by atoms with Crippen LogP contribution in [0.25, 0.3) is 0 Å². The molecule has 0 unspecified atom stereocenters. The van der Waals surface area contributed by atoms with Gasteiger partial charge in [-0.05, 0) is 18.6 Å². The minimum atomic E-state index is 0.589. The predicted octanol–water partition coefficient (Wildman–Crippen LogP) is 2.79. The molecule has 5 heteroatoms. The summed E-state index contributed by atoms with van der Waals surface area (Å²) in [6, 6.07) is 11.7. The fourth-order valence-corrected chi connectivity index (χ4v) is 1.67. The van der Waals surface area contributed by atoms with E-state index >= 15 is 0 Å². The Bertz CT molecular complexity index is 504. The number of para-hydroxylation sites is 1. The largest absolute Gasteiger partial charge is 0.492 e. The van der Waals surface area contributed by atoms with E-state index in [2.05, 4.69) is 27.5 Å². The molecule has 1 aromatic carbocycles. The zero-order valence-corrected chi connectivity index (χ0v) is 11.7. The van der Waals surface area contributed by atoms with Crippen molar-refractivity contribution in [3.63, 3.8) is 0 Å². The zero-order chi connectivity index (χ0) is 14.0. The van der Waals surface area contributed by atoms with E-state index in [9.17, 15) is 0 Å². The Kier molecular flexibility index (Phi) is 5.64. The monoisotopic (exact) mass is 272 g/mol. The lowest BCUT2D eigenvalue weighted by Crippen LogP contribution is -2.13. The summed E-state index contributed by atoms with van der Waals surface area (Å²) < 4.78 is 5.60. The van der Waals surface area contributed by atoms with Crippen molar-refractivity contribution in [3.8, 4) is 5.75 Å². The number of nitrogens with zero attached hydrogens (tertiary/aromatic N) is 2. The molecular weight excluding hydrogens is 252 g/mol. The van der Waals surface area contributed by atoms with E-state index in [0.29, 0.717) is 13.2 Å². The first-order chi connectivity index (χ1) is 9.88. The summed E-state index contributed by atoms with van der Waals surface area (Å²) in [5.74, 6) is 2.52. The molecule has 2 aromatic rings. The second kappa shape index (κ2) is 7.99. The number of ether oxygens (including phenoxy) is 1. The van der Waals surface area contributed by atoms with Gasteiger partial charge in [-0.15, -0.1) is 0 Å². The molecule has 0 saturated carbocycles. The fourth-order valence-electron chi connectivity index (χ4n) is 1.67. The third-order valence-electron chi connectivity index (χ3n) is 2.64. The average molecular weight is 272 g/mol. The van der Waals surface area contributed by atoms with E-state index < -0.39 is 0 Å². The first-order valence-corrected chi connectivity index (χ1v) is 6.86. The lowest BCUT2D eigenvalue weighted by Gasteiger charge is -2.09. The molecule has 5 nitrogen and oxygen atoms in total. The van der Waals surface area contributed by atoms with Crippen LogP contribution in [-0.2, 0) is 0 Å². The quantitative estimate of drug-likeness (QED) is 0.724. The lowest BCUT2D eigenvalue weighted by atomic mass is 10.3. The topological polar surface area (TPSA) is 59.1 Å². The third kappa shape index (κ3) is 4.76. The molecule has 2 rings (SSSR count). The van der Waals surface area contributed by atoms with E-state index in [0.717, 1.165) is 30.4 Å². The first-order valence-electron chi connectivity index (χ1n) is 6.86. The van der Waals surface area contributed by atoms with E-state index in [1.54, 1.807) is 6.33 Å². The molecule has 106 valence electrons. The van der Waals surface area contributed by atoms with Gasteiger partial charge in [0.2, 0.25) is 0 Å². The molecule has 0 aliphatic heterocycles. The van der Waals surface area contributed by atoms with Crippen LogP contribution in [0.2, 0.25) is 0 Å². The van der Waals surface area contributed by atoms with Crippen molar-refractivity contribution in [3.05, 3.63) is 42.7 Å². The van der Waals surface area contributed by atoms with Crippen molar-refractivity contribution in [1.29, 1.82) is 0 Å². The van der Waals surface area contributed by atoms with Gasteiger partial charge in [0.25, 0.3) is 0 Å². The molecular formula is C15H20N4O. The van der Waals surface area contributed by atoms with Crippen molar-refractivity contribution in [2.75, 3.05) is 30.3 Å². The highest BCUT2D eigenvalue weighted by molar-refractivity contribution is 5.46. The fraction of sp³-hybridized carbons (Fsp3) is 0.333. The number of nitrogens with one attached hydrogen (secondary N) is 2. The van der Waals surface area contributed by atoms with Crippen LogP contribution >= 0.6 is 0 Å². The maximum atomic E-state index is 5.60. The Morgan fingerprint density at radius 1 is 1.00 bits per heavy atom. The highest BCUT2D eigenvalue weighted by atomic mass is 16.5. The van der Waals surface area contributed by atoms with Gasteiger partial charge in [-0.3, -0.25) is 0 Å².